The number of fused-ring (bicyclic) bond motifs is 4. The molecule has 9 aromatic rings. The topological polar surface area (TPSA) is 51.6 Å². The van der Waals surface area contributed by atoms with Crippen molar-refractivity contribution in [2.24, 2.45) is 0 Å². The van der Waals surface area contributed by atoms with Gasteiger partial charge in [0, 0.05) is 48.0 Å². The first kappa shape index (κ1) is 26.8. The van der Waals surface area contributed by atoms with E-state index in [1.165, 1.54) is 30.4 Å². The van der Waals surface area contributed by atoms with Gasteiger partial charge < -0.3 is 0 Å². The third-order valence-electron chi connectivity index (χ3n) is 8.17. The molecule has 0 spiro atoms. The predicted octanol–water partition coefficient (Wildman–Crippen LogP) is 11.2. The average Bonchev–Trinajstić information content (AvgIpc) is 3.73. The van der Waals surface area contributed by atoms with E-state index in [4.69, 9.17) is 19.9 Å². The third kappa shape index (κ3) is 4.67. The first-order chi connectivity index (χ1) is 22.8. The molecule has 3 heterocycles. The zero-order valence-electron chi connectivity index (χ0n) is 24.5. The lowest BCUT2D eigenvalue weighted by molar-refractivity contribution is 1.07. The van der Waals surface area contributed by atoms with Crippen LogP contribution in [0.5, 0.6) is 0 Å². The van der Waals surface area contributed by atoms with E-state index in [0.29, 0.717) is 17.5 Å². The van der Waals surface area contributed by atoms with Gasteiger partial charge in [-0.25, -0.2) is 19.9 Å². The van der Waals surface area contributed by atoms with E-state index in [1.54, 1.807) is 11.3 Å². The highest BCUT2D eigenvalue weighted by Gasteiger charge is 2.19. The Morgan fingerprint density at radius 1 is 0.370 bits per heavy atom. The smallest absolute Gasteiger partial charge is 0.164 e. The summed E-state index contributed by atoms with van der Waals surface area (Å²) in [5.74, 6) is 1.96. The minimum Gasteiger partial charge on any atom is -0.236 e. The molecular formula is C40H24N4S2. The molecule has 46 heavy (non-hydrogen) atoms. The fourth-order valence-electron chi connectivity index (χ4n) is 5.93. The van der Waals surface area contributed by atoms with Crippen molar-refractivity contribution in [1.29, 1.82) is 0 Å². The fraction of sp³-hybridized carbons (Fsp3) is 0. The summed E-state index contributed by atoms with van der Waals surface area (Å²) < 4.78 is 3.76. The van der Waals surface area contributed by atoms with Gasteiger partial charge in [0.1, 0.15) is 5.01 Å². The highest BCUT2D eigenvalue weighted by atomic mass is 32.1. The molecule has 4 nitrogen and oxygen atoms in total. The molecule has 0 aliphatic heterocycles. The van der Waals surface area contributed by atoms with Crippen LogP contribution in [0.1, 0.15) is 0 Å². The maximum absolute atomic E-state index is 5.14. The summed E-state index contributed by atoms with van der Waals surface area (Å²) in [6.07, 6.45) is 0. The molecule has 0 N–H and O–H groups in total. The van der Waals surface area contributed by atoms with Crippen molar-refractivity contribution in [1.82, 2.24) is 19.9 Å². The van der Waals surface area contributed by atoms with Crippen LogP contribution in [0, 0.1) is 0 Å². The van der Waals surface area contributed by atoms with Crippen molar-refractivity contribution >= 4 is 53.1 Å². The summed E-state index contributed by atoms with van der Waals surface area (Å²) in [6.45, 7) is 0. The number of thiophene rings is 1. The van der Waals surface area contributed by atoms with E-state index in [2.05, 4.69) is 78.9 Å². The van der Waals surface area contributed by atoms with Crippen LogP contribution in [-0.4, -0.2) is 19.9 Å². The Morgan fingerprint density at radius 2 is 0.870 bits per heavy atom. The lowest BCUT2D eigenvalue weighted by Gasteiger charge is -2.10. The maximum atomic E-state index is 5.14. The lowest BCUT2D eigenvalue weighted by atomic mass is 10.0. The van der Waals surface area contributed by atoms with Crippen LogP contribution in [0.3, 0.4) is 0 Å². The van der Waals surface area contributed by atoms with Crippen LogP contribution in [0.25, 0.3) is 86.3 Å². The highest BCUT2D eigenvalue weighted by molar-refractivity contribution is 7.27. The number of aromatic nitrogens is 4. The van der Waals surface area contributed by atoms with Crippen LogP contribution >= 0.6 is 22.7 Å². The van der Waals surface area contributed by atoms with E-state index in [0.717, 1.165) is 38.3 Å². The molecule has 3 aromatic heterocycles. The van der Waals surface area contributed by atoms with Gasteiger partial charge in [0.25, 0.3) is 0 Å². The molecular weight excluding hydrogens is 601 g/mol. The van der Waals surface area contributed by atoms with Crippen molar-refractivity contribution < 1.29 is 0 Å². The molecule has 6 aromatic carbocycles. The molecule has 0 aliphatic carbocycles. The summed E-state index contributed by atoms with van der Waals surface area (Å²) in [6, 6.07) is 50.2. The monoisotopic (exact) mass is 624 g/mol. The molecule has 0 aliphatic rings. The number of hydrogen-bond acceptors (Lipinski definition) is 6. The normalized spacial score (nSPS) is 11.5. The molecule has 0 fully saturated rings. The third-order valence-corrected chi connectivity index (χ3v) is 10.5. The van der Waals surface area contributed by atoms with Crippen molar-refractivity contribution in [3.8, 4) is 55.9 Å². The number of thiazole rings is 1. The minimum absolute atomic E-state index is 0.647. The highest BCUT2D eigenvalue weighted by Crippen LogP contribution is 2.47. The second kappa shape index (κ2) is 11.1. The maximum Gasteiger partial charge on any atom is 0.164 e. The van der Waals surface area contributed by atoms with E-state index in [1.807, 2.05) is 78.1 Å². The number of nitrogens with zero attached hydrogens (tertiary/aromatic N) is 4. The molecule has 0 saturated carbocycles. The van der Waals surface area contributed by atoms with Gasteiger partial charge in [0.15, 0.2) is 17.5 Å². The molecule has 0 unspecified atom stereocenters. The van der Waals surface area contributed by atoms with Gasteiger partial charge in [-0.1, -0.05) is 133 Å². The van der Waals surface area contributed by atoms with Crippen molar-refractivity contribution in [2.75, 3.05) is 0 Å². The summed E-state index contributed by atoms with van der Waals surface area (Å²) in [7, 11) is 0. The minimum atomic E-state index is 0.647. The fourth-order valence-corrected chi connectivity index (χ4v) is 8.38. The Labute approximate surface area is 273 Å². The Bertz CT molecular complexity index is 2450. The van der Waals surface area contributed by atoms with Gasteiger partial charge in [0.2, 0.25) is 0 Å². The van der Waals surface area contributed by atoms with Crippen LogP contribution in [0.2, 0.25) is 0 Å². The second-order valence-electron chi connectivity index (χ2n) is 11.1. The second-order valence-corrected chi connectivity index (χ2v) is 13.1. The zero-order chi connectivity index (χ0) is 30.5. The lowest BCUT2D eigenvalue weighted by Crippen LogP contribution is -2.00. The standard InChI is InChI=1S/C40H24N4S2/c1-4-12-26(13-5-1)37-42-38(27-14-6-2-7-15-27)44-39(43-37)28-22-20-25(21-23-28)34-35-31(30-18-10-11-19-33(30)45-35)24-32-36(34)46-40(41-32)29-16-8-3-9-17-29/h1-24H. The van der Waals surface area contributed by atoms with E-state index in [9.17, 15) is 0 Å². The molecule has 0 bridgehead atoms. The first-order valence-corrected chi connectivity index (χ1v) is 16.7. The van der Waals surface area contributed by atoms with Gasteiger partial charge in [0.05, 0.1) is 10.2 Å². The number of rotatable bonds is 5. The van der Waals surface area contributed by atoms with Crippen LogP contribution < -0.4 is 0 Å². The molecule has 6 heteroatoms. The van der Waals surface area contributed by atoms with Crippen molar-refractivity contribution in [3.63, 3.8) is 0 Å². The Hall–Kier alpha value is -5.56. The van der Waals surface area contributed by atoms with E-state index < -0.39 is 0 Å². The summed E-state index contributed by atoms with van der Waals surface area (Å²) in [4.78, 5) is 19.9. The summed E-state index contributed by atoms with van der Waals surface area (Å²) in [5, 5.41) is 3.54. The van der Waals surface area contributed by atoms with Gasteiger partial charge in [-0.05, 0) is 17.7 Å². The Balaban J connectivity index is 1.22. The SMILES string of the molecule is c1ccc(-c2nc(-c3ccccc3)nc(-c3ccc(-c4c5sc(-c6ccccc6)nc5cc5c4sc4ccccc45)cc3)n2)cc1. The zero-order valence-corrected chi connectivity index (χ0v) is 26.1. The van der Waals surface area contributed by atoms with Gasteiger partial charge in [-0.15, -0.1) is 22.7 Å². The Kier molecular flexibility index (Phi) is 6.47. The molecule has 0 radical (unpaired) electrons. The largest absolute Gasteiger partial charge is 0.236 e. The predicted molar refractivity (Wildman–Crippen MR) is 193 cm³/mol. The number of benzene rings is 6. The van der Waals surface area contributed by atoms with Gasteiger partial charge in [-0.2, -0.15) is 0 Å². The van der Waals surface area contributed by atoms with E-state index in [-0.39, 0.29) is 0 Å². The molecule has 0 saturated heterocycles. The molecule has 0 amide bonds. The number of hydrogen-bond donors (Lipinski definition) is 0. The van der Waals surface area contributed by atoms with Crippen LogP contribution in [0.4, 0.5) is 0 Å². The molecule has 9 rings (SSSR count). The quantitative estimate of drug-likeness (QED) is 0.191. The van der Waals surface area contributed by atoms with Crippen molar-refractivity contribution in [3.05, 3.63) is 146 Å². The van der Waals surface area contributed by atoms with E-state index >= 15 is 0 Å². The van der Waals surface area contributed by atoms with Gasteiger partial charge >= 0.3 is 0 Å². The van der Waals surface area contributed by atoms with Crippen LogP contribution in [-0.2, 0) is 0 Å². The Morgan fingerprint density at radius 3 is 1.48 bits per heavy atom. The van der Waals surface area contributed by atoms with Crippen molar-refractivity contribution in [2.45, 2.75) is 0 Å². The first-order valence-electron chi connectivity index (χ1n) is 15.1. The molecule has 216 valence electrons. The summed E-state index contributed by atoms with van der Waals surface area (Å²) >= 11 is 3.61. The van der Waals surface area contributed by atoms with Crippen LogP contribution in [0.15, 0.2) is 146 Å². The van der Waals surface area contributed by atoms with Gasteiger partial charge in [-0.3, -0.25) is 0 Å². The molecule has 0 atom stereocenters. The summed E-state index contributed by atoms with van der Waals surface area (Å²) in [5.41, 5.74) is 7.39. The average molecular weight is 625 g/mol.